The summed E-state index contributed by atoms with van der Waals surface area (Å²) in [4.78, 5) is 9.58. The van der Waals surface area contributed by atoms with E-state index in [0.717, 1.165) is 70.7 Å². The standard InChI is InChI=1S/C28H27N5O/c1-31-14-16-32(17-15-31)21-10-8-20(9-11-21)27-25-19-29-26-13-12-23(34-2)18-24(26)28(25)33(30-27)22-6-4-3-5-7-22/h3-13,18-19H,14-17H2,1-2H3. The highest BCUT2D eigenvalue weighted by Crippen LogP contribution is 2.35. The molecule has 5 aromatic rings. The van der Waals surface area contributed by atoms with Crippen LogP contribution >= 0.6 is 0 Å². The molecule has 0 bridgehead atoms. The molecule has 0 N–H and O–H groups in total. The van der Waals surface area contributed by atoms with E-state index in [1.165, 1.54) is 5.69 Å². The molecule has 0 saturated carbocycles. The predicted octanol–water partition coefficient (Wildman–Crippen LogP) is 5.00. The van der Waals surface area contributed by atoms with Crippen molar-refractivity contribution < 1.29 is 4.74 Å². The van der Waals surface area contributed by atoms with Crippen LogP contribution in [0.15, 0.2) is 79.0 Å². The average molecular weight is 450 g/mol. The molecule has 0 unspecified atom stereocenters. The lowest BCUT2D eigenvalue weighted by molar-refractivity contribution is 0.313. The summed E-state index contributed by atoms with van der Waals surface area (Å²) in [6.45, 7) is 4.30. The lowest BCUT2D eigenvalue weighted by Gasteiger charge is -2.34. The summed E-state index contributed by atoms with van der Waals surface area (Å²) in [6.07, 6.45) is 1.94. The van der Waals surface area contributed by atoms with Gasteiger partial charge >= 0.3 is 0 Å². The largest absolute Gasteiger partial charge is 0.497 e. The van der Waals surface area contributed by atoms with Gasteiger partial charge in [-0.2, -0.15) is 5.10 Å². The van der Waals surface area contributed by atoms with Gasteiger partial charge in [-0.25, -0.2) is 4.68 Å². The Kier molecular flexibility index (Phi) is 5.15. The van der Waals surface area contributed by atoms with Crippen LogP contribution in [0.5, 0.6) is 5.75 Å². The Morgan fingerprint density at radius 3 is 2.29 bits per heavy atom. The Labute approximate surface area is 199 Å². The molecule has 3 heterocycles. The van der Waals surface area contributed by atoms with Gasteiger partial charge in [0.2, 0.25) is 0 Å². The summed E-state index contributed by atoms with van der Waals surface area (Å²) < 4.78 is 7.55. The smallest absolute Gasteiger partial charge is 0.119 e. The first kappa shape index (κ1) is 20.7. The number of aromatic nitrogens is 3. The third kappa shape index (κ3) is 3.56. The topological polar surface area (TPSA) is 46.4 Å². The fourth-order valence-electron chi connectivity index (χ4n) is 4.75. The predicted molar refractivity (Wildman–Crippen MR) is 138 cm³/mol. The second kappa shape index (κ2) is 8.47. The number of piperazine rings is 1. The van der Waals surface area contributed by atoms with Gasteiger partial charge in [-0.05, 0) is 49.5 Å². The van der Waals surface area contributed by atoms with Crippen molar-refractivity contribution in [3.8, 4) is 22.7 Å². The van der Waals surface area contributed by atoms with E-state index in [2.05, 4.69) is 53.2 Å². The van der Waals surface area contributed by atoms with E-state index in [1.54, 1.807) is 7.11 Å². The molecule has 1 aliphatic heterocycles. The molecule has 2 aromatic heterocycles. The van der Waals surface area contributed by atoms with Crippen molar-refractivity contribution >= 4 is 27.5 Å². The van der Waals surface area contributed by atoms with Crippen molar-refractivity contribution in [1.82, 2.24) is 19.7 Å². The third-order valence-electron chi connectivity index (χ3n) is 6.72. The van der Waals surface area contributed by atoms with Gasteiger partial charge in [0, 0.05) is 54.4 Å². The zero-order valence-electron chi connectivity index (χ0n) is 19.5. The summed E-state index contributed by atoms with van der Waals surface area (Å²) in [7, 11) is 3.87. The Balaban J connectivity index is 1.51. The van der Waals surface area contributed by atoms with Crippen LogP contribution in [0.25, 0.3) is 38.8 Å². The van der Waals surface area contributed by atoms with Gasteiger partial charge in [0.05, 0.1) is 23.8 Å². The van der Waals surface area contributed by atoms with E-state index in [-0.39, 0.29) is 0 Å². The summed E-state index contributed by atoms with van der Waals surface area (Å²) in [5.74, 6) is 0.806. The summed E-state index contributed by atoms with van der Waals surface area (Å²) in [5.41, 5.74) is 6.25. The lowest BCUT2D eigenvalue weighted by atomic mass is 10.1. The van der Waals surface area contributed by atoms with E-state index >= 15 is 0 Å². The molecule has 6 heteroatoms. The maximum atomic E-state index is 5.52. The van der Waals surface area contributed by atoms with E-state index in [1.807, 2.05) is 47.3 Å². The van der Waals surface area contributed by atoms with E-state index in [4.69, 9.17) is 14.8 Å². The molecule has 170 valence electrons. The fourth-order valence-corrected chi connectivity index (χ4v) is 4.75. The average Bonchev–Trinajstić information content (AvgIpc) is 3.30. The molecular weight excluding hydrogens is 422 g/mol. The number of para-hydroxylation sites is 1. The molecule has 0 atom stereocenters. The minimum absolute atomic E-state index is 0.806. The number of likely N-dealkylation sites (N-methyl/N-ethyl adjacent to an activating group) is 1. The molecule has 3 aromatic carbocycles. The number of rotatable bonds is 4. The van der Waals surface area contributed by atoms with Crippen molar-refractivity contribution in [1.29, 1.82) is 0 Å². The van der Waals surface area contributed by atoms with Gasteiger partial charge in [-0.1, -0.05) is 30.3 Å². The molecule has 0 amide bonds. The van der Waals surface area contributed by atoms with Crippen LogP contribution < -0.4 is 9.64 Å². The van der Waals surface area contributed by atoms with Gasteiger partial charge in [0.1, 0.15) is 11.4 Å². The van der Waals surface area contributed by atoms with Gasteiger partial charge < -0.3 is 14.5 Å². The Morgan fingerprint density at radius 2 is 1.56 bits per heavy atom. The molecular formula is C28H27N5O. The first-order valence-corrected chi connectivity index (χ1v) is 11.7. The van der Waals surface area contributed by atoms with Crippen LogP contribution in [0, 0.1) is 0 Å². The number of anilines is 1. The van der Waals surface area contributed by atoms with Crippen molar-refractivity contribution in [2.75, 3.05) is 45.2 Å². The third-order valence-corrected chi connectivity index (χ3v) is 6.72. The van der Waals surface area contributed by atoms with Crippen LogP contribution in [-0.4, -0.2) is 60.0 Å². The van der Waals surface area contributed by atoms with E-state index < -0.39 is 0 Å². The number of fused-ring (bicyclic) bond motifs is 3. The minimum atomic E-state index is 0.806. The van der Waals surface area contributed by atoms with Crippen LogP contribution in [0.3, 0.4) is 0 Å². The molecule has 6 nitrogen and oxygen atoms in total. The number of ether oxygens (including phenoxy) is 1. The maximum Gasteiger partial charge on any atom is 0.119 e. The van der Waals surface area contributed by atoms with Crippen LogP contribution in [0.4, 0.5) is 5.69 Å². The molecule has 6 rings (SSSR count). The normalized spacial score (nSPS) is 14.7. The zero-order chi connectivity index (χ0) is 23.1. The first-order valence-electron chi connectivity index (χ1n) is 11.7. The highest BCUT2D eigenvalue weighted by molar-refractivity contribution is 6.09. The molecule has 34 heavy (non-hydrogen) atoms. The molecule has 0 aliphatic carbocycles. The van der Waals surface area contributed by atoms with Crippen molar-refractivity contribution in [3.05, 3.63) is 79.0 Å². The molecule has 1 aliphatic rings. The molecule has 1 fully saturated rings. The van der Waals surface area contributed by atoms with E-state index in [9.17, 15) is 0 Å². The second-order valence-electron chi connectivity index (χ2n) is 8.84. The number of benzene rings is 3. The monoisotopic (exact) mass is 449 g/mol. The van der Waals surface area contributed by atoms with Crippen LogP contribution in [-0.2, 0) is 0 Å². The highest BCUT2D eigenvalue weighted by atomic mass is 16.5. The highest BCUT2D eigenvalue weighted by Gasteiger charge is 2.19. The maximum absolute atomic E-state index is 5.52. The van der Waals surface area contributed by atoms with Gasteiger partial charge in [-0.15, -0.1) is 0 Å². The lowest BCUT2D eigenvalue weighted by Crippen LogP contribution is -2.44. The van der Waals surface area contributed by atoms with Crippen molar-refractivity contribution in [2.45, 2.75) is 0 Å². The number of nitrogens with zero attached hydrogens (tertiary/aromatic N) is 5. The molecule has 0 radical (unpaired) electrons. The quantitative estimate of drug-likeness (QED) is 0.386. The van der Waals surface area contributed by atoms with E-state index in [0.29, 0.717) is 0 Å². The number of methoxy groups -OCH3 is 1. The first-order chi connectivity index (χ1) is 16.7. The summed E-state index contributed by atoms with van der Waals surface area (Å²) in [5, 5.41) is 7.15. The van der Waals surface area contributed by atoms with Crippen molar-refractivity contribution in [3.63, 3.8) is 0 Å². The minimum Gasteiger partial charge on any atom is -0.497 e. The zero-order valence-corrected chi connectivity index (χ0v) is 19.5. The second-order valence-corrected chi connectivity index (χ2v) is 8.84. The number of hydrogen-bond acceptors (Lipinski definition) is 5. The Morgan fingerprint density at radius 1 is 0.794 bits per heavy atom. The van der Waals surface area contributed by atoms with Crippen LogP contribution in [0.2, 0.25) is 0 Å². The summed E-state index contributed by atoms with van der Waals surface area (Å²) in [6, 6.07) is 25.1. The molecule has 1 saturated heterocycles. The summed E-state index contributed by atoms with van der Waals surface area (Å²) >= 11 is 0. The fraction of sp³-hybridized carbons (Fsp3) is 0.214. The number of pyridine rings is 1. The Hall–Kier alpha value is -3.90. The Bertz CT molecular complexity index is 1450. The van der Waals surface area contributed by atoms with Gasteiger partial charge in [0.25, 0.3) is 0 Å². The van der Waals surface area contributed by atoms with Crippen molar-refractivity contribution in [2.24, 2.45) is 0 Å². The van der Waals surface area contributed by atoms with Gasteiger partial charge in [0.15, 0.2) is 0 Å². The van der Waals surface area contributed by atoms with Crippen LogP contribution in [0.1, 0.15) is 0 Å². The van der Waals surface area contributed by atoms with Gasteiger partial charge in [-0.3, -0.25) is 4.98 Å². The molecule has 0 spiro atoms. The number of hydrogen-bond donors (Lipinski definition) is 0. The SMILES string of the molecule is COc1ccc2ncc3c(-c4ccc(N5CCN(C)CC5)cc4)nn(-c4ccccc4)c3c2c1.